The molecule has 0 spiro atoms. The second kappa shape index (κ2) is 5.87. The molecule has 0 radical (unpaired) electrons. The monoisotopic (exact) mass is 363 g/mol. The summed E-state index contributed by atoms with van der Waals surface area (Å²) in [5, 5.41) is 3.49. The number of carbonyl (C=O) groups is 1. The van der Waals surface area contributed by atoms with E-state index in [0.29, 0.717) is 17.1 Å². The zero-order chi connectivity index (χ0) is 14.8. The number of benzene rings is 1. The van der Waals surface area contributed by atoms with Crippen molar-refractivity contribution in [3.8, 4) is 0 Å². The Morgan fingerprint density at radius 1 is 1.33 bits per heavy atom. The van der Waals surface area contributed by atoms with Gasteiger partial charge >= 0.3 is 0 Å². The highest BCUT2D eigenvalue weighted by molar-refractivity contribution is 9.10. The van der Waals surface area contributed by atoms with Crippen molar-refractivity contribution in [3.63, 3.8) is 0 Å². The molecule has 0 saturated heterocycles. The number of nitrogens with zero attached hydrogens (tertiary/aromatic N) is 2. The molecule has 3 rings (SSSR count). The average Bonchev–Trinajstić information content (AvgIpc) is 2.87. The predicted molar refractivity (Wildman–Crippen MR) is 85.5 cm³/mol. The molecular weight excluding hydrogens is 354 g/mol. The van der Waals surface area contributed by atoms with Crippen molar-refractivity contribution in [1.82, 2.24) is 14.7 Å². The van der Waals surface area contributed by atoms with Crippen LogP contribution in [-0.2, 0) is 6.54 Å². The van der Waals surface area contributed by atoms with E-state index in [2.05, 4.69) is 26.2 Å². The first-order chi connectivity index (χ1) is 10.1. The molecule has 0 aliphatic heterocycles. The number of pyridine rings is 1. The maximum Gasteiger partial charge on any atom is 0.252 e. The minimum atomic E-state index is -0.141. The number of fused-ring (bicyclic) bond motifs is 1. The number of nitrogens with one attached hydrogen (secondary N) is 1. The molecule has 0 atom stereocenters. The number of halogens is 2. The van der Waals surface area contributed by atoms with Gasteiger partial charge in [-0.2, -0.15) is 0 Å². The third-order valence-electron chi connectivity index (χ3n) is 3.02. The van der Waals surface area contributed by atoms with Crippen molar-refractivity contribution >= 4 is 39.1 Å². The molecule has 2 heterocycles. The van der Waals surface area contributed by atoms with Crippen LogP contribution in [0.25, 0.3) is 5.65 Å². The number of hydrogen-bond acceptors (Lipinski definition) is 2. The first kappa shape index (κ1) is 14.1. The Bertz CT molecular complexity index is 816. The molecule has 4 nitrogen and oxygen atoms in total. The van der Waals surface area contributed by atoms with Gasteiger partial charge in [0.2, 0.25) is 0 Å². The molecule has 21 heavy (non-hydrogen) atoms. The van der Waals surface area contributed by atoms with Crippen LogP contribution in [0.1, 0.15) is 16.1 Å². The third kappa shape index (κ3) is 3.09. The lowest BCUT2D eigenvalue weighted by molar-refractivity contribution is 0.0949. The van der Waals surface area contributed by atoms with Gasteiger partial charge in [-0.3, -0.25) is 4.79 Å². The number of amides is 1. The van der Waals surface area contributed by atoms with Gasteiger partial charge in [0.15, 0.2) is 0 Å². The van der Waals surface area contributed by atoms with Crippen molar-refractivity contribution in [1.29, 1.82) is 0 Å². The molecule has 0 bridgehead atoms. The lowest BCUT2D eigenvalue weighted by atomic mass is 10.2. The standard InChI is InChI=1S/C15H11BrClN3O/c16-13-4-2-1-3-12(13)15(21)18-8-11-9-20-6-5-10(17)7-14(20)19-11/h1-7,9H,8H2,(H,18,21). The molecule has 1 amide bonds. The van der Waals surface area contributed by atoms with Crippen molar-refractivity contribution in [2.75, 3.05) is 0 Å². The molecule has 3 aromatic rings. The molecule has 1 N–H and O–H groups in total. The maximum atomic E-state index is 12.1. The van der Waals surface area contributed by atoms with Crippen LogP contribution in [0.3, 0.4) is 0 Å². The number of carbonyl (C=O) groups excluding carboxylic acids is 1. The molecule has 106 valence electrons. The summed E-state index contributed by atoms with van der Waals surface area (Å²) in [6, 6.07) is 10.9. The van der Waals surface area contributed by atoms with Gasteiger partial charge in [0.05, 0.1) is 17.8 Å². The van der Waals surface area contributed by atoms with Crippen LogP contribution >= 0.6 is 27.5 Å². The molecule has 0 saturated carbocycles. The molecule has 2 aromatic heterocycles. The molecule has 0 aliphatic rings. The number of imidazole rings is 1. The predicted octanol–water partition coefficient (Wildman–Crippen LogP) is 3.68. The van der Waals surface area contributed by atoms with E-state index < -0.39 is 0 Å². The van der Waals surface area contributed by atoms with Crippen LogP contribution in [0.4, 0.5) is 0 Å². The summed E-state index contributed by atoms with van der Waals surface area (Å²) in [5.74, 6) is -0.141. The van der Waals surface area contributed by atoms with Gasteiger partial charge in [0, 0.05) is 21.9 Å². The highest BCUT2D eigenvalue weighted by Crippen LogP contribution is 2.16. The smallest absolute Gasteiger partial charge is 0.252 e. The minimum absolute atomic E-state index is 0.141. The van der Waals surface area contributed by atoms with E-state index in [1.54, 1.807) is 18.2 Å². The van der Waals surface area contributed by atoms with Crippen molar-refractivity contribution in [3.05, 3.63) is 69.5 Å². The van der Waals surface area contributed by atoms with Crippen LogP contribution in [0.5, 0.6) is 0 Å². The Kier molecular flexibility index (Phi) is 3.94. The summed E-state index contributed by atoms with van der Waals surface area (Å²) in [5.41, 5.74) is 2.13. The van der Waals surface area contributed by atoms with Crippen LogP contribution in [0.2, 0.25) is 5.02 Å². The Morgan fingerprint density at radius 3 is 2.95 bits per heavy atom. The van der Waals surface area contributed by atoms with Crippen LogP contribution in [-0.4, -0.2) is 15.3 Å². The van der Waals surface area contributed by atoms with E-state index >= 15 is 0 Å². The highest BCUT2D eigenvalue weighted by Gasteiger charge is 2.09. The van der Waals surface area contributed by atoms with E-state index in [1.807, 2.05) is 35.0 Å². The Labute approximate surface area is 134 Å². The molecule has 6 heteroatoms. The molecule has 1 aromatic carbocycles. The number of aromatic nitrogens is 2. The van der Waals surface area contributed by atoms with E-state index in [0.717, 1.165) is 15.8 Å². The van der Waals surface area contributed by atoms with E-state index in [-0.39, 0.29) is 5.91 Å². The van der Waals surface area contributed by atoms with E-state index in [4.69, 9.17) is 11.6 Å². The quantitative estimate of drug-likeness (QED) is 0.770. The summed E-state index contributed by atoms with van der Waals surface area (Å²) in [7, 11) is 0. The largest absolute Gasteiger partial charge is 0.346 e. The first-order valence-electron chi connectivity index (χ1n) is 6.29. The van der Waals surface area contributed by atoms with Gasteiger partial charge in [-0.25, -0.2) is 4.98 Å². The van der Waals surface area contributed by atoms with Crippen LogP contribution in [0.15, 0.2) is 53.3 Å². The summed E-state index contributed by atoms with van der Waals surface area (Å²) in [6.07, 6.45) is 3.70. The topological polar surface area (TPSA) is 46.4 Å². The van der Waals surface area contributed by atoms with E-state index in [9.17, 15) is 4.79 Å². The van der Waals surface area contributed by atoms with Crippen LogP contribution in [0, 0.1) is 0 Å². The fourth-order valence-corrected chi connectivity index (χ4v) is 2.62. The number of rotatable bonds is 3. The summed E-state index contributed by atoms with van der Waals surface area (Å²) >= 11 is 9.29. The lowest BCUT2D eigenvalue weighted by Crippen LogP contribution is -2.23. The zero-order valence-corrected chi connectivity index (χ0v) is 13.2. The fourth-order valence-electron chi connectivity index (χ4n) is 2.01. The Morgan fingerprint density at radius 2 is 2.14 bits per heavy atom. The van der Waals surface area contributed by atoms with Crippen molar-refractivity contribution in [2.24, 2.45) is 0 Å². The number of hydrogen-bond donors (Lipinski definition) is 1. The third-order valence-corrected chi connectivity index (χ3v) is 3.95. The van der Waals surface area contributed by atoms with Gasteiger partial charge in [-0.15, -0.1) is 0 Å². The average molecular weight is 365 g/mol. The highest BCUT2D eigenvalue weighted by atomic mass is 79.9. The van der Waals surface area contributed by atoms with Gasteiger partial charge < -0.3 is 9.72 Å². The molecule has 0 unspecified atom stereocenters. The van der Waals surface area contributed by atoms with Gasteiger partial charge in [0.25, 0.3) is 5.91 Å². The Balaban J connectivity index is 1.74. The zero-order valence-electron chi connectivity index (χ0n) is 10.9. The van der Waals surface area contributed by atoms with Gasteiger partial charge in [-0.05, 0) is 40.2 Å². The van der Waals surface area contributed by atoms with E-state index in [1.165, 1.54) is 0 Å². The minimum Gasteiger partial charge on any atom is -0.346 e. The first-order valence-corrected chi connectivity index (χ1v) is 7.46. The van der Waals surface area contributed by atoms with Crippen molar-refractivity contribution in [2.45, 2.75) is 6.54 Å². The summed E-state index contributed by atoms with van der Waals surface area (Å²) in [6.45, 7) is 0.361. The molecule has 0 fully saturated rings. The van der Waals surface area contributed by atoms with Crippen molar-refractivity contribution < 1.29 is 4.79 Å². The lowest BCUT2D eigenvalue weighted by Gasteiger charge is -2.04. The van der Waals surface area contributed by atoms with Gasteiger partial charge in [-0.1, -0.05) is 23.7 Å². The van der Waals surface area contributed by atoms with Gasteiger partial charge in [0.1, 0.15) is 5.65 Å². The van der Waals surface area contributed by atoms with Crippen LogP contribution < -0.4 is 5.32 Å². The summed E-state index contributed by atoms with van der Waals surface area (Å²) < 4.78 is 2.63. The molecular formula is C15H11BrClN3O. The second-order valence-corrected chi connectivity index (χ2v) is 5.80. The second-order valence-electron chi connectivity index (χ2n) is 4.51. The normalized spacial score (nSPS) is 10.8. The SMILES string of the molecule is O=C(NCc1cn2ccc(Cl)cc2n1)c1ccccc1Br. The Hall–Kier alpha value is -1.85. The summed E-state index contributed by atoms with van der Waals surface area (Å²) in [4.78, 5) is 16.5. The fraction of sp³-hybridized carbons (Fsp3) is 0.0667. The molecule has 0 aliphatic carbocycles. The maximum absolute atomic E-state index is 12.1.